The number of alkyl halides is 8. The van der Waals surface area contributed by atoms with Crippen LogP contribution < -0.4 is 15.5 Å². The lowest BCUT2D eigenvalue weighted by Crippen LogP contribution is -2.50. The van der Waals surface area contributed by atoms with Crippen molar-refractivity contribution in [1.29, 1.82) is 0 Å². The fourth-order valence-corrected chi connectivity index (χ4v) is 5.00. The highest BCUT2D eigenvalue weighted by atomic mass is 35.5. The van der Waals surface area contributed by atoms with Crippen molar-refractivity contribution in [3.8, 4) is 22.8 Å². The molecule has 0 bridgehead atoms. The third-order valence-electron chi connectivity index (χ3n) is 6.92. The summed E-state index contributed by atoms with van der Waals surface area (Å²) in [6.45, 7) is -4.50. The molecule has 21 heteroatoms. The number of hydrogen-bond acceptors (Lipinski definition) is 8. The van der Waals surface area contributed by atoms with Crippen molar-refractivity contribution in [2.24, 2.45) is 0 Å². The molecule has 1 fully saturated rings. The van der Waals surface area contributed by atoms with E-state index >= 15 is 0 Å². The molecule has 4 aromatic rings. The number of nitrogens with zero attached hydrogens (tertiary/aromatic N) is 8. The van der Waals surface area contributed by atoms with Gasteiger partial charge in [-0.1, -0.05) is 11.6 Å². The summed E-state index contributed by atoms with van der Waals surface area (Å²) in [7, 11) is 0. The number of amides is 2. The second-order valence-electron chi connectivity index (χ2n) is 10.0. The minimum Gasteiger partial charge on any atom is -0.351 e. The van der Waals surface area contributed by atoms with Gasteiger partial charge >= 0.3 is 24.9 Å². The van der Waals surface area contributed by atoms with E-state index in [9.17, 15) is 39.9 Å². The van der Waals surface area contributed by atoms with Gasteiger partial charge < -0.3 is 10.6 Å². The van der Waals surface area contributed by atoms with E-state index in [-0.39, 0.29) is 52.8 Å². The minimum atomic E-state index is -4.79. The quantitative estimate of drug-likeness (QED) is 0.190. The lowest BCUT2D eigenvalue weighted by atomic mass is 9.90. The highest BCUT2D eigenvalue weighted by Crippen LogP contribution is 2.38. The Morgan fingerprint density at radius 2 is 1.76 bits per heavy atom. The van der Waals surface area contributed by atoms with Gasteiger partial charge in [-0.15, -0.1) is 0 Å². The first-order chi connectivity index (χ1) is 21.7. The molecule has 5 rings (SSSR count). The van der Waals surface area contributed by atoms with Gasteiger partial charge in [0.2, 0.25) is 5.95 Å². The van der Waals surface area contributed by atoms with E-state index in [1.165, 1.54) is 12.3 Å². The summed E-state index contributed by atoms with van der Waals surface area (Å²) >= 11 is 5.98. The maximum atomic E-state index is 13.6. The van der Waals surface area contributed by atoms with E-state index in [0.29, 0.717) is 23.7 Å². The highest BCUT2D eigenvalue weighted by Gasteiger charge is 2.38. The van der Waals surface area contributed by atoms with Crippen molar-refractivity contribution in [3.05, 3.63) is 47.6 Å². The summed E-state index contributed by atoms with van der Waals surface area (Å²) in [5.74, 6) is -0.235. The van der Waals surface area contributed by atoms with Crippen molar-refractivity contribution < 1.29 is 39.9 Å². The average Bonchev–Trinajstić information content (AvgIpc) is 3.66. The molecule has 4 aromatic heterocycles. The smallest absolute Gasteiger partial charge is 0.351 e. The molecule has 1 aliphatic carbocycles. The molecule has 0 atom stereocenters. The van der Waals surface area contributed by atoms with E-state index in [2.05, 4.69) is 40.5 Å². The Bertz CT molecular complexity index is 1650. The molecule has 3 N–H and O–H groups in total. The maximum Gasteiger partial charge on any atom is 0.420 e. The first kappa shape index (κ1) is 32.8. The Hall–Kier alpha value is -4.62. The Labute approximate surface area is 258 Å². The van der Waals surface area contributed by atoms with Crippen molar-refractivity contribution >= 4 is 29.4 Å². The zero-order valence-electron chi connectivity index (χ0n) is 23.1. The molecule has 0 unspecified atom stereocenters. The molecule has 4 heterocycles. The number of carbonyl (C=O) groups is 1. The number of nitrogens with one attached hydrogen (secondary N) is 3. The summed E-state index contributed by atoms with van der Waals surface area (Å²) in [5, 5.41) is 14.5. The molecular formula is C25H22ClF8N11O. The number of anilines is 2. The summed E-state index contributed by atoms with van der Waals surface area (Å²) in [5.41, 5.74) is -1.77. The number of halogens is 9. The van der Waals surface area contributed by atoms with Gasteiger partial charge in [0.25, 0.3) is 0 Å². The molecule has 1 saturated carbocycles. The van der Waals surface area contributed by atoms with Gasteiger partial charge in [0, 0.05) is 30.7 Å². The molecule has 46 heavy (non-hydrogen) atoms. The molecule has 12 nitrogen and oxygen atoms in total. The van der Waals surface area contributed by atoms with Gasteiger partial charge in [0.1, 0.15) is 34.9 Å². The molecule has 0 radical (unpaired) electrons. The SMILES string of the molecule is O=C(NCC(F)(F)F)N(c1cnc(-c2ccn(C(F)F)n2)cn1)[C@H]1CC[C@H](Nc2ncc(C(F)(F)F)c(-c3n[nH]cc3Cl)n2)CC1. The standard InChI is InChI=1S/C25H22ClF8N11O/c26-15-8-39-42-20(15)19-14(25(32,33)34)7-37-22(41-19)40-12-1-3-13(4-2-12)45(23(46)38-11-24(29,30)31)18-10-35-17(9-36-18)16-5-6-44(43-16)21(27)28/h5-10,12-13,21H,1-4,11H2,(H,38,46)(H,39,42)(H,37,40,41)/t12-,13-. The van der Waals surface area contributed by atoms with Crippen LogP contribution >= 0.6 is 11.6 Å². The molecule has 2 amide bonds. The van der Waals surface area contributed by atoms with Crippen molar-refractivity contribution in [2.45, 2.75) is 56.7 Å². The molecule has 0 aliphatic heterocycles. The van der Waals surface area contributed by atoms with E-state index in [1.54, 1.807) is 0 Å². The normalized spacial score (nSPS) is 17.3. The van der Waals surface area contributed by atoms with E-state index in [4.69, 9.17) is 11.6 Å². The second kappa shape index (κ2) is 13.0. The average molecular weight is 680 g/mol. The third kappa shape index (κ3) is 7.60. The number of H-pyrrole nitrogens is 1. The lowest BCUT2D eigenvalue weighted by molar-refractivity contribution is -0.137. The van der Waals surface area contributed by atoms with Crippen LogP contribution in [-0.4, -0.2) is 70.7 Å². The summed E-state index contributed by atoms with van der Waals surface area (Å²) in [6.07, 6.45) is -3.29. The van der Waals surface area contributed by atoms with Gasteiger partial charge in [-0.25, -0.2) is 29.4 Å². The second-order valence-corrected chi connectivity index (χ2v) is 10.5. The van der Waals surface area contributed by atoms with Crippen LogP contribution in [0.3, 0.4) is 0 Å². The van der Waals surface area contributed by atoms with Crippen LogP contribution in [0.1, 0.15) is 37.8 Å². The first-order valence-corrected chi connectivity index (χ1v) is 13.8. The molecular weight excluding hydrogens is 658 g/mol. The van der Waals surface area contributed by atoms with E-state index in [0.717, 1.165) is 23.5 Å². The van der Waals surface area contributed by atoms with E-state index in [1.807, 2.05) is 5.32 Å². The number of aromatic amines is 1. The third-order valence-corrected chi connectivity index (χ3v) is 7.21. The molecule has 246 valence electrons. The summed E-state index contributed by atoms with van der Waals surface area (Å²) in [4.78, 5) is 30.1. The fraction of sp³-hybridized carbons (Fsp3) is 0.400. The van der Waals surface area contributed by atoms with Crippen molar-refractivity contribution in [1.82, 2.24) is 45.2 Å². The molecule has 0 aromatic carbocycles. The van der Waals surface area contributed by atoms with Crippen LogP contribution in [0.15, 0.2) is 37.1 Å². The van der Waals surface area contributed by atoms with Crippen LogP contribution in [0.25, 0.3) is 22.8 Å². The number of urea groups is 1. The zero-order valence-corrected chi connectivity index (χ0v) is 23.9. The van der Waals surface area contributed by atoms with Crippen LogP contribution in [0.2, 0.25) is 5.02 Å². The van der Waals surface area contributed by atoms with Gasteiger partial charge in [-0.3, -0.25) is 10.00 Å². The Morgan fingerprint density at radius 1 is 1.02 bits per heavy atom. The van der Waals surface area contributed by atoms with Gasteiger partial charge in [-0.2, -0.15) is 45.3 Å². The van der Waals surface area contributed by atoms with Crippen LogP contribution in [0, 0.1) is 0 Å². The lowest BCUT2D eigenvalue weighted by Gasteiger charge is -2.36. The van der Waals surface area contributed by atoms with Gasteiger partial charge in [0.15, 0.2) is 5.82 Å². The largest absolute Gasteiger partial charge is 0.420 e. The topological polar surface area (TPSA) is 142 Å². The Morgan fingerprint density at radius 3 is 2.33 bits per heavy atom. The van der Waals surface area contributed by atoms with Crippen LogP contribution in [-0.2, 0) is 6.18 Å². The van der Waals surface area contributed by atoms with Crippen molar-refractivity contribution in [3.63, 3.8) is 0 Å². The molecule has 0 saturated heterocycles. The monoisotopic (exact) mass is 679 g/mol. The Balaban J connectivity index is 1.32. The summed E-state index contributed by atoms with van der Waals surface area (Å²) < 4.78 is 106. The zero-order chi connectivity index (χ0) is 33.2. The number of carbonyl (C=O) groups excluding carboxylic acids is 1. The number of aromatic nitrogens is 8. The fourth-order valence-electron chi connectivity index (χ4n) is 4.82. The Kier molecular flexibility index (Phi) is 9.27. The highest BCUT2D eigenvalue weighted by molar-refractivity contribution is 6.32. The first-order valence-electron chi connectivity index (χ1n) is 13.4. The van der Waals surface area contributed by atoms with Crippen LogP contribution in [0.4, 0.5) is 51.7 Å². The minimum absolute atomic E-state index is 0.0576. The van der Waals surface area contributed by atoms with Gasteiger partial charge in [-0.05, 0) is 31.7 Å². The predicted octanol–water partition coefficient (Wildman–Crippen LogP) is 6.09. The van der Waals surface area contributed by atoms with E-state index < -0.39 is 48.8 Å². The van der Waals surface area contributed by atoms with Crippen LogP contribution in [0.5, 0.6) is 0 Å². The van der Waals surface area contributed by atoms with Crippen molar-refractivity contribution in [2.75, 3.05) is 16.8 Å². The predicted molar refractivity (Wildman–Crippen MR) is 146 cm³/mol. The maximum absolute atomic E-state index is 13.6. The van der Waals surface area contributed by atoms with Gasteiger partial charge in [0.05, 0.1) is 17.4 Å². The number of rotatable bonds is 8. The molecule has 1 aliphatic rings. The summed E-state index contributed by atoms with van der Waals surface area (Å²) in [6, 6.07) is -0.861. The number of hydrogen-bond donors (Lipinski definition) is 3. The molecule has 0 spiro atoms.